The van der Waals surface area contributed by atoms with E-state index >= 15 is 0 Å². The molecule has 23 heavy (non-hydrogen) atoms. The minimum absolute atomic E-state index is 0.877. The van der Waals surface area contributed by atoms with Gasteiger partial charge in [0, 0.05) is 0 Å². The molecule has 1 fully saturated rings. The van der Waals surface area contributed by atoms with Gasteiger partial charge < -0.3 is 16.5 Å². The molecule has 0 aromatic heterocycles. The fourth-order valence-electron chi connectivity index (χ4n) is 3.00. The van der Waals surface area contributed by atoms with Crippen LogP contribution in [-0.2, 0) is 16.5 Å². The van der Waals surface area contributed by atoms with Gasteiger partial charge in [0.1, 0.15) is 0 Å². The lowest BCUT2D eigenvalue weighted by molar-refractivity contribution is 0.244. The zero-order chi connectivity index (χ0) is 17.8. The van der Waals surface area contributed by atoms with E-state index in [1.54, 1.807) is 0 Å². The van der Waals surface area contributed by atoms with Gasteiger partial charge >= 0.3 is 34.2 Å². The maximum absolute atomic E-state index is 6.61. The van der Waals surface area contributed by atoms with E-state index in [9.17, 15) is 0 Å². The number of hydrogen-bond acceptors (Lipinski definition) is 4. The van der Waals surface area contributed by atoms with Crippen LogP contribution >= 0.6 is 0 Å². The Morgan fingerprint density at radius 1 is 0.609 bits per heavy atom. The Kier molecular flexibility index (Phi) is 7.18. The van der Waals surface area contributed by atoms with Crippen molar-refractivity contribution in [3.05, 3.63) is 35.3 Å². The molecule has 8 heteroatoms. The van der Waals surface area contributed by atoms with Crippen LogP contribution in [0.3, 0.4) is 0 Å². The molecule has 1 aliphatic heterocycles. The van der Waals surface area contributed by atoms with E-state index in [1.807, 2.05) is 39.0 Å². The second kappa shape index (κ2) is 7.87. The summed E-state index contributed by atoms with van der Waals surface area (Å²) in [6.07, 6.45) is 6.05. The number of rotatable bonds is 4. The van der Waals surface area contributed by atoms with Crippen molar-refractivity contribution in [1.82, 2.24) is 0 Å². The summed E-state index contributed by atoms with van der Waals surface area (Å²) < 4.78 is 26.4. The topological polar surface area (TPSA) is 36.9 Å². The van der Waals surface area contributed by atoms with Crippen molar-refractivity contribution in [1.29, 1.82) is 0 Å². The maximum Gasteiger partial charge on any atom is 0.344 e. The molecule has 0 aromatic rings. The first-order valence-corrected chi connectivity index (χ1v) is 18.0. The Morgan fingerprint density at radius 3 is 1.17 bits per heavy atom. The Bertz CT molecular complexity index is 464. The van der Waals surface area contributed by atoms with E-state index in [2.05, 4.69) is 50.2 Å². The van der Waals surface area contributed by atoms with Crippen molar-refractivity contribution in [3.8, 4) is 0 Å². The highest BCUT2D eigenvalue weighted by atomic mass is 28.5. The van der Waals surface area contributed by atoms with Crippen LogP contribution < -0.4 is 0 Å². The zero-order valence-electron chi connectivity index (χ0n) is 15.8. The lowest BCUT2D eigenvalue weighted by atomic mass is 10.8. The van der Waals surface area contributed by atoms with E-state index < -0.39 is 34.2 Å². The van der Waals surface area contributed by atoms with Gasteiger partial charge in [-0.25, -0.2) is 0 Å². The average molecular weight is 389 g/mol. The normalized spacial score (nSPS) is 43.3. The first kappa shape index (κ1) is 21.0. The molecule has 0 N–H and O–H groups in total. The molecule has 132 valence electrons. The highest BCUT2D eigenvalue weighted by Crippen LogP contribution is 2.34. The summed E-state index contributed by atoms with van der Waals surface area (Å²) in [6.45, 7) is 16.5. The van der Waals surface area contributed by atoms with Crippen molar-refractivity contribution in [2.24, 2.45) is 0 Å². The Hall–Kier alpha value is -0.0725. The van der Waals surface area contributed by atoms with Gasteiger partial charge in [0.05, 0.1) is 0 Å². The van der Waals surface area contributed by atoms with Crippen LogP contribution in [0.2, 0.25) is 32.2 Å². The minimum Gasteiger partial charge on any atom is -0.413 e. The average Bonchev–Trinajstić information content (AvgIpc) is 2.36. The van der Waals surface area contributed by atoms with Gasteiger partial charge in [-0.05, 0) is 70.1 Å². The Balaban J connectivity index is 3.38. The predicted octanol–water partition coefficient (Wildman–Crippen LogP) is 4.72. The second-order valence-corrected chi connectivity index (χ2v) is 19.8. The van der Waals surface area contributed by atoms with Crippen LogP contribution in [-0.4, -0.2) is 34.2 Å². The largest absolute Gasteiger partial charge is 0.413 e. The van der Waals surface area contributed by atoms with E-state index in [4.69, 9.17) is 16.5 Å². The summed E-state index contributed by atoms with van der Waals surface area (Å²) >= 11 is 0. The van der Waals surface area contributed by atoms with Gasteiger partial charge in [-0.1, -0.05) is 25.2 Å². The summed E-state index contributed by atoms with van der Waals surface area (Å²) in [7, 11) is -9.87. The zero-order valence-corrected chi connectivity index (χ0v) is 19.8. The minimum atomic E-state index is -2.53. The first-order valence-electron chi connectivity index (χ1n) is 8.29. The van der Waals surface area contributed by atoms with Crippen molar-refractivity contribution in [2.45, 2.75) is 59.9 Å². The Labute approximate surface area is 146 Å². The summed E-state index contributed by atoms with van der Waals surface area (Å²) in [6, 6.07) is 0.877. The molecule has 4 nitrogen and oxygen atoms in total. The molecular weight excluding hydrogens is 357 g/mol. The molecule has 0 aromatic carbocycles. The van der Waals surface area contributed by atoms with Crippen LogP contribution in [0.15, 0.2) is 35.3 Å². The van der Waals surface area contributed by atoms with E-state index in [1.165, 1.54) is 0 Å². The van der Waals surface area contributed by atoms with E-state index in [0.717, 1.165) is 6.04 Å². The fourth-order valence-corrected chi connectivity index (χ4v) is 23.1. The quantitative estimate of drug-likeness (QED) is 0.653. The van der Waals surface area contributed by atoms with Crippen molar-refractivity contribution >= 4 is 34.2 Å². The third-order valence-electron chi connectivity index (χ3n) is 3.70. The van der Waals surface area contributed by atoms with Gasteiger partial charge in [-0.15, -0.1) is 0 Å². The van der Waals surface area contributed by atoms with Crippen LogP contribution in [0.1, 0.15) is 27.7 Å². The number of hydrogen-bond donors (Lipinski definition) is 0. The number of allylic oxidation sites excluding steroid dienone is 3. The van der Waals surface area contributed by atoms with Gasteiger partial charge in [0.15, 0.2) is 0 Å². The standard InChI is InChI=1S/C15H32O4Si4/c1-9-13-21(6)16-20(5,12-4)17-22(7,14-10-2)19-23(8,18-21)15-11-3/h9-11,13-15H,12H2,1-8H3. The summed E-state index contributed by atoms with van der Waals surface area (Å²) in [5, 5.41) is 0. The SMILES string of the molecule is CC=C[Si]1(C)O[Si](C)(C=CC)O[Si](C)(CC)O[Si](C)(C=CC)O1. The molecule has 0 spiro atoms. The van der Waals surface area contributed by atoms with E-state index in [0.29, 0.717) is 0 Å². The highest BCUT2D eigenvalue weighted by molar-refractivity contribution is 6.97. The molecular formula is C15H32O4Si4. The first-order chi connectivity index (χ1) is 10.6. The molecule has 1 saturated heterocycles. The van der Waals surface area contributed by atoms with Crippen LogP contribution in [0.5, 0.6) is 0 Å². The highest BCUT2D eigenvalue weighted by Gasteiger charge is 2.54. The third kappa shape index (κ3) is 5.75. The van der Waals surface area contributed by atoms with Gasteiger partial charge in [0.25, 0.3) is 0 Å². The van der Waals surface area contributed by atoms with E-state index in [-0.39, 0.29) is 0 Å². The maximum atomic E-state index is 6.61. The molecule has 0 saturated carbocycles. The van der Waals surface area contributed by atoms with Crippen LogP contribution in [0, 0.1) is 0 Å². The molecule has 1 heterocycles. The second-order valence-electron chi connectivity index (χ2n) is 6.44. The fraction of sp³-hybridized carbons (Fsp3) is 0.600. The van der Waals surface area contributed by atoms with Crippen molar-refractivity contribution in [3.63, 3.8) is 0 Å². The monoisotopic (exact) mass is 388 g/mol. The Morgan fingerprint density at radius 2 is 0.913 bits per heavy atom. The predicted molar refractivity (Wildman–Crippen MR) is 106 cm³/mol. The molecule has 0 amide bonds. The van der Waals surface area contributed by atoms with Crippen LogP contribution in [0.25, 0.3) is 0 Å². The molecule has 0 radical (unpaired) electrons. The lowest BCUT2D eigenvalue weighted by Crippen LogP contribution is -2.66. The molecule has 2 unspecified atom stereocenters. The van der Waals surface area contributed by atoms with Crippen molar-refractivity contribution < 1.29 is 16.5 Å². The van der Waals surface area contributed by atoms with Gasteiger partial charge in [0.2, 0.25) is 0 Å². The van der Waals surface area contributed by atoms with Crippen molar-refractivity contribution in [2.75, 3.05) is 0 Å². The lowest BCUT2D eigenvalue weighted by Gasteiger charge is -2.47. The summed E-state index contributed by atoms with van der Waals surface area (Å²) in [5.74, 6) is 0. The van der Waals surface area contributed by atoms with Gasteiger partial charge in [-0.2, -0.15) is 0 Å². The van der Waals surface area contributed by atoms with Gasteiger partial charge in [-0.3, -0.25) is 0 Å². The third-order valence-corrected chi connectivity index (χ3v) is 21.0. The summed E-state index contributed by atoms with van der Waals surface area (Å²) in [4.78, 5) is 0. The van der Waals surface area contributed by atoms with Crippen LogP contribution in [0.4, 0.5) is 0 Å². The molecule has 0 aliphatic carbocycles. The molecule has 0 bridgehead atoms. The summed E-state index contributed by atoms with van der Waals surface area (Å²) in [5.41, 5.74) is 6.27. The molecule has 1 aliphatic rings. The molecule has 2 atom stereocenters. The smallest absolute Gasteiger partial charge is 0.344 e. The molecule has 1 rings (SSSR count).